The second-order valence-electron chi connectivity index (χ2n) is 7.07. The maximum absolute atomic E-state index is 13.7. The van der Waals surface area contributed by atoms with E-state index in [-0.39, 0.29) is 30.5 Å². The van der Waals surface area contributed by atoms with E-state index in [2.05, 4.69) is 16.0 Å². The normalized spacial score (nSPS) is 11.1. The number of anilines is 1. The topological polar surface area (TPSA) is 94.0 Å². The minimum absolute atomic E-state index is 0.0732. The molecule has 162 valence electrons. The third kappa shape index (κ3) is 6.16. The Kier molecular flexibility index (Phi) is 7.93. The van der Waals surface area contributed by atoms with Gasteiger partial charge in [0.1, 0.15) is 23.5 Å². The van der Waals surface area contributed by atoms with Gasteiger partial charge in [0.25, 0.3) is 5.91 Å². The van der Waals surface area contributed by atoms with E-state index in [0.29, 0.717) is 17.7 Å². The standard InChI is InChI=1S/C25H23FN4O2/c26-21-12-7-13-22(20(21)17-27)28-14-15-29-25(32)23(16-18-8-3-1-4-9-18)30-24(31)19-10-5-2-6-11-19/h1-13,23,28H,14-16H2,(H,29,32)(H,30,31)/t23-/m1/s1. The predicted octanol–water partition coefficient (Wildman–Crippen LogP) is 3.27. The van der Waals surface area contributed by atoms with Gasteiger partial charge in [-0.1, -0.05) is 54.6 Å². The number of amides is 2. The maximum atomic E-state index is 13.7. The molecule has 6 nitrogen and oxygen atoms in total. The zero-order valence-corrected chi connectivity index (χ0v) is 17.3. The number of nitrogens with zero attached hydrogens (tertiary/aromatic N) is 1. The molecule has 7 heteroatoms. The van der Waals surface area contributed by atoms with Crippen molar-refractivity contribution in [1.82, 2.24) is 10.6 Å². The van der Waals surface area contributed by atoms with Crippen molar-refractivity contribution in [3.05, 3.63) is 101 Å². The molecule has 3 aromatic rings. The Balaban J connectivity index is 1.61. The molecule has 0 radical (unpaired) electrons. The molecule has 0 aliphatic rings. The van der Waals surface area contributed by atoms with E-state index < -0.39 is 11.9 Å². The van der Waals surface area contributed by atoms with Crippen LogP contribution in [0.1, 0.15) is 21.5 Å². The Morgan fingerprint density at radius 3 is 2.28 bits per heavy atom. The van der Waals surface area contributed by atoms with Crippen LogP contribution in [0, 0.1) is 17.1 Å². The monoisotopic (exact) mass is 430 g/mol. The zero-order chi connectivity index (χ0) is 22.8. The third-order valence-corrected chi connectivity index (χ3v) is 4.81. The maximum Gasteiger partial charge on any atom is 0.251 e. The van der Waals surface area contributed by atoms with Gasteiger partial charge < -0.3 is 16.0 Å². The fourth-order valence-electron chi connectivity index (χ4n) is 3.18. The first kappa shape index (κ1) is 22.5. The van der Waals surface area contributed by atoms with Gasteiger partial charge in [0.15, 0.2) is 0 Å². The van der Waals surface area contributed by atoms with Crippen LogP contribution in [0.15, 0.2) is 78.9 Å². The summed E-state index contributed by atoms with van der Waals surface area (Å²) in [4.78, 5) is 25.4. The smallest absolute Gasteiger partial charge is 0.251 e. The molecule has 0 unspecified atom stereocenters. The summed E-state index contributed by atoms with van der Waals surface area (Å²) < 4.78 is 13.7. The van der Waals surface area contributed by atoms with Crippen molar-refractivity contribution in [2.45, 2.75) is 12.5 Å². The summed E-state index contributed by atoms with van der Waals surface area (Å²) in [5.74, 6) is -1.27. The van der Waals surface area contributed by atoms with E-state index >= 15 is 0 Å². The van der Waals surface area contributed by atoms with Crippen molar-refractivity contribution in [1.29, 1.82) is 5.26 Å². The highest BCUT2D eigenvalue weighted by molar-refractivity contribution is 5.97. The van der Waals surface area contributed by atoms with E-state index in [4.69, 9.17) is 5.26 Å². The minimum atomic E-state index is -0.769. The Hall–Kier alpha value is -4.18. The largest absolute Gasteiger partial charge is 0.382 e. The number of hydrogen-bond acceptors (Lipinski definition) is 4. The molecule has 1 atom stereocenters. The lowest BCUT2D eigenvalue weighted by atomic mass is 10.0. The molecular weight excluding hydrogens is 407 g/mol. The molecule has 3 aromatic carbocycles. The molecule has 0 saturated carbocycles. The van der Waals surface area contributed by atoms with Crippen LogP contribution in [0.3, 0.4) is 0 Å². The van der Waals surface area contributed by atoms with E-state index in [1.165, 1.54) is 12.1 Å². The molecule has 0 aromatic heterocycles. The van der Waals surface area contributed by atoms with E-state index in [1.807, 2.05) is 42.5 Å². The molecule has 3 rings (SSSR count). The van der Waals surface area contributed by atoms with Crippen molar-refractivity contribution in [3.8, 4) is 6.07 Å². The van der Waals surface area contributed by atoms with Gasteiger partial charge in [0, 0.05) is 25.1 Å². The number of halogens is 1. The molecule has 2 amide bonds. The zero-order valence-electron chi connectivity index (χ0n) is 17.3. The molecule has 0 fully saturated rings. The number of benzene rings is 3. The number of rotatable bonds is 9. The molecule has 0 bridgehead atoms. The molecule has 0 aliphatic heterocycles. The first-order valence-corrected chi connectivity index (χ1v) is 10.2. The molecule has 0 heterocycles. The molecule has 0 saturated heterocycles. The number of carbonyl (C=O) groups is 2. The first-order chi connectivity index (χ1) is 15.6. The van der Waals surface area contributed by atoms with Gasteiger partial charge in [-0.05, 0) is 29.8 Å². The van der Waals surface area contributed by atoms with E-state index in [1.54, 1.807) is 30.3 Å². The van der Waals surface area contributed by atoms with Crippen LogP contribution in [-0.4, -0.2) is 30.9 Å². The van der Waals surface area contributed by atoms with Gasteiger partial charge in [0.2, 0.25) is 5.91 Å². The molecule has 32 heavy (non-hydrogen) atoms. The summed E-state index contributed by atoms with van der Waals surface area (Å²) in [6.45, 7) is 0.515. The van der Waals surface area contributed by atoms with Crippen LogP contribution in [0.25, 0.3) is 0 Å². The van der Waals surface area contributed by atoms with Gasteiger partial charge in [-0.3, -0.25) is 9.59 Å². The summed E-state index contributed by atoms with van der Waals surface area (Å²) in [5.41, 5.74) is 1.67. The lowest BCUT2D eigenvalue weighted by Crippen LogP contribution is -2.48. The lowest BCUT2D eigenvalue weighted by molar-refractivity contribution is -0.122. The van der Waals surface area contributed by atoms with Gasteiger partial charge in [-0.2, -0.15) is 5.26 Å². The molecule has 3 N–H and O–H groups in total. The summed E-state index contributed by atoms with van der Waals surface area (Å²) in [5, 5.41) is 17.6. The number of nitrogens with one attached hydrogen (secondary N) is 3. The summed E-state index contributed by atoms with van der Waals surface area (Å²) in [6, 6.07) is 23.5. The summed E-state index contributed by atoms with van der Waals surface area (Å²) in [6.07, 6.45) is 0.334. The van der Waals surface area contributed by atoms with Crippen LogP contribution >= 0.6 is 0 Å². The van der Waals surface area contributed by atoms with Crippen molar-refractivity contribution in [2.24, 2.45) is 0 Å². The lowest BCUT2D eigenvalue weighted by Gasteiger charge is -2.19. The average Bonchev–Trinajstić information content (AvgIpc) is 2.82. The van der Waals surface area contributed by atoms with Gasteiger partial charge in [-0.15, -0.1) is 0 Å². The van der Waals surface area contributed by atoms with Crippen LogP contribution in [0.2, 0.25) is 0 Å². The average molecular weight is 430 g/mol. The quantitative estimate of drug-likeness (QED) is 0.454. The predicted molar refractivity (Wildman–Crippen MR) is 120 cm³/mol. The Bertz CT molecular complexity index is 1100. The fourth-order valence-corrected chi connectivity index (χ4v) is 3.18. The summed E-state index contributed by atoms with van der Waals surface area (Å²) in [7, 11) is 0. The highest BCUT2D eigenvalue weighted by Crippen LogP contribution is 2.17. The second kappa shape index (κ2) is 11.3. The Morgan fingerprint density at radius 1 is 0.906 bits per heavy atom. The van der Waals surface area contributed by atoms with Crippen LogP contribution < -0.4 is 16.0 Å². The first-order valence-electron chi connectivity index (χ1n) is 10.2. The van der Waals surface area contributed by atoms with Gasteiger partial charge in [0.05, 0.1) is 5.69 Å². The Labute approximate surface area is 186 Å². The number of nitriles is 1. The SMILES string of the molecule is N#Cc1c(F)cccc1NCCNC(=O)[C@@H](Cc1ccccc1)NC(=O)c1ccccc1. The van der Waals surface area contributed by atoms with E-state index in [0.717, 1.165) is 5.56 Å². The van der Waals surface area contributed by atoms with Gasteiger partial charge >= 0.3 is 0 Å². The van der Waals surface area contributed by atoms with Crippen molar-refractivity contribution in [3.63, 3.8) is 0 Å². The van der Waals surface area contributed by atoms with Gasteiger partial charge in [-0.25, -0.2) is 4.39 Å². The number of hydrogen-bond donors (Lipinski definition) is 3. The van der Waals surface area contributed by atoms with Crippen molar-refractivity contribution in [2.75, 3.05) is 18.4 Å². The summed E-state index contributed by atoms with van der Waals surface area (Å²) >= 11 is 0. The number of carbonyl (C=O) groups excluding carboxylic acids is 2. The third-order valence-electron chi connectivity index (χ3n) is 4.81. The molecule has 0 aliphatic carbocycles. The molecular formula is C25H23FN4O2. The van der Waals surface area contributed by atoms with Crippen molar-refractivity contribution >= 4 is 17.5 Å². The van der Waals surface area contributed by atoms with Crippen LogP contribution in [0.4, 0.5) is 10.1 Å². The minimum Gasteiger partial charge on any atom is -0.382 e. The highest BCUT2D eigenvalue weighted by Gasteiger charge is 2.21. The second-order valence-corrected chi connectivity index (χ2v) is 7.07. The Morgan fingerprint density at radius 2 is 1.59 bits per heavy atom. The highest BCUT2D eigenvalue weighted by atomic mass is 19.1. The van der Waals surface area contributed by atoms with Crippen LogP contribution in [0.5, 0.6) is 0 Å². The van der Waals surface area contributed by atoms with Crippen LogP contribution in [-0.2, 0) is 11.2 Å². The van der Waals surface area contributed by atoms with Crippen molar-refractivity contribution < 1.29 is 14.0 Å². The van der Waals surface area contributed by atoms with E-state index in [9.17, 15) is 14.0 Å². The molecule has 0 spiro atoms. The fraction of sp³-hybridized carbons (Fsp3) is 0.160.